The fourth-order valence-corrected chi connectivity index (χ4v) is 3.09. The van der Waals surface area contributed by atoms with Crippen LogP contribution in [0.4, 0.5) is 29.7 Å². The van der Waals surface area contributed by atoms with Crippen LogP contribution in [0, 0.1) is 11.6 Å². The standard InChI is InChI=1S/C18H26F2N6O5/c1-4-24(5-6-26(30-3)17(28)23-21)16-14(19)7-12(8-15(16)20)25-10-13(31-18(25)29)9-22-11(2)27/h7-8,13H,4-6,9-10,21H2,1-3H3,(H,22,27)(H,23,28)/t13-/m0/s1. The third-order valence-corrected chi connectivity index (χ3v) is 4.61. The summed E-state index contributed by atoms with van der Waals surface area (Å²) in [5.41, 5.74) is 1.59. The quantitative estimate of drug-likeness (QED) is 0.290. The lowest BCUT2D eigenvalue weighted by molar-refractivity contribution is -0.119. The maximum Gasteiger partial charge on any atom is 0.414 e. The lowest BCUT2D eigenvalue weighted by atomic mass is 10.2. The van der Waals surface area contributed by atoms with Gasteiger partial charge in [0.05, 0.1) is 32.4 Å². The first-order chi connectivity index (χ1) is 14.7. The van der Waals surface area contributed by atoms with Crippen LogP contribution in [-0.2, 0) is 14.4 Å². The van der Waals surface area contributed by atoms with Crippen LogP contribution in [0.15, 0.2) is 12.1 Å². The SMILES string of the molecule is CCN(CCN(OC)C(=O)NN)c1c(F)cc(N2C[C@H](CNC(C)=O)OC2=O)cc1F. The molecule has 1 aromatic carbocycles. The van der Waals surface area contributed by atoms with Gasteiger partial charge in [0, 0.05) is 32.1 Å². The van der Waals surface area contributed by atoms with Crippen LogP contribution in [0.2, 0.25) is 0 Å². The van der Waals surface area contributed by atoms with Gasteiger partial charge in [-0.1, -0.05) is 0 Å². The number of nitrogens with zero attached hydrogens (tertiary/aromatic N) is 3. The number of hydrogen-bond donors (Lipinski definition) is 3. The molecule has 0 saturated carbocycles. The highest BCUT2D eigenvalue weighted by Gasteiger charge is 2.33. The fraction of sp³-hybridized carbons (Fsp3) is 0.500. The van der Waals surface area contributed by atoms with Gasteiger partial charge >= 0.3 is 12.1 Å². The van der Waals surface area contributed by atoms with Crippen LogP contribution in [0.3, 0.4) is 0 Å². The summed E-state index contributed by atoms with van der Waals surface area (Å²) >= 11 is 0. The summed E-state index contributed by atoms with van der Waals surface area (Å²) in [6.45, 7) is 3.41. The summed E-state index contributed by atoms with van der Waals surface area (Å²) in [4.78, 5) is 42.0. The van der Waals surface area contributed by atoms with Gasteiger partial charge in [0.15, 0.2) is 11.6 Å². The summed E-state index contributed by atoms with van der Waals surface area (Å²) in [6.07, 6.45) is -1.40. The van der Waals surface area contributed by atoms with E-state index >= 15 is 0 Å². The van der Waals surface area contributed by atoms with Crippen molar-refractivity contribution in [3.8, 4) is 0 Å². The number of hydrazine groups is 1. The molecule has 0 aromatic heterocycles. The van der Waals surface area contributed by atoms with E-state index in [4.69, 9.17) is 15.4 Å². The third-order valence-electron chi connectivity index (χ3n) is 4.61. The number of anilines is 2. The normalized spacial score (nSPS) is 15.5. The summed E-state index contributed by atoms with van der Waals surface area (Å²) in [5, 5.41) is 3.43. The molecule has 13 heteroatoms. The molecule has 1 atom stereocenters. The Labute approximate surface area is 177 Å². The van der Waals surface area contributed by atoms with Gasteiger partial charge in [-0.15, -0.1) is 0 Å². The lowest BCUT2D eigenvalue weighted by Gasteiger charge is -2.28. The molecule has 0 aliphatic carbocycles. The molecule has 172 valence electrons. The van der Waals surface area contributed by atoms with Crippen molar-refractivity contribution in [1.29, 1.82) is 0 Å². The number of rotatable bonds is 9. The molecule has 2 rings (SSSR count). The van der Waals surface area contributed by atoms with Crippen molar-refractivity contribution in [2.45, 2.75) is 20.0 Å². The van der Waals surface area contributed by atoms with E-state index in [2.05, 4.69) is 5.32 Å². The largest absolute Gasteiger partial charge is 0.442 e. The maximum absolute atomic E-state index is 14.8. The molecule has 4 amide bonds. The molecule has 4 N–H and O–H groups in total. The van der Waals surface area contributed by atoms with Crippen LogP contribution in [-0.4, -0.2) is 69.0 Å². The molecule has 11 nitrogen and oxygen atoms in total. The number of halogens is 2. The molecule has 0 spiro atoms. The Morgan fingerprint density at radius 3 is 2.48 bits per heavy atom. The molecule has 1 aliphatic heterocycles. The number of cyclic esters (lactones) is 1. The molecule has 0 bridgehead atoms. The van der Waals surface area contributed by atoms with Crippen LogP contribution in [0.1, 0.15) is 13.8 Å². The third kappa shape index (κ3) is 5.92. The van der Waals surface area contributed by atoms with Gasteiger partial charge in [-0.2, -0.15) is 0 Å². The summed E-state index contributed by atoms with van der Waals surface area (Å²) in [6, 6.07) is 1.35. The number of nitrogens with one attached hydrogen (secondary N) is 2. The molecule has 1 aromatic rings. The Morgan fingerprint density at radius 1 is 1.32 bits per heavy atom. The molecule has 1 heterocycles. The second-order valence-corrected chi connectivity index (χ2v) is 6.63. The molecule has 1 fully saturated rings. The zero-order valence-electron chi connectivity index (χ0n) is 17.5. The highest BCUT2D eigenvalue weighted by molar-refractivity contribution is 5.90. The van der Waals surface area contributed by atoms with Crippen molar-refractivity contribution in [2.24, 2.45) is 5.84 Å². The van der Waals surface area contributed by atoms with Gasteiger partial charge in [0.2, 0.25) is 5.91 Å². The fourth-order valence-electron chi connectivity index (χ4n) is 3.09. The highest BCUT2D eigenvalue weighted by Crippen LogP contribution is 2.31. The smallest absolute Gasteiger partial charge is 0.414 e. The number of benzene rings is 1. The number of nitrogens with two attached hydrogens (primary N) is 1. The van der Waals surface area contributed by atoms with Crippen LogP contribution in [0.5, 0.6) is 0 Å². The number of urea groups is 1. The number of carbonyl (C=O) groups is 3. The molecular weight excluding hydrogens is 418 g/mol. The number of hydrogen-bond acceptors (Lipinski definition) is 7. The van der Waals surface area contributed by atoms with E-state index in [1.807, 2.05) is 5.43 Å². The van der Waals surface area contributed by atoms with E-state index in [1.54, 1.807) is 6.92 Å². The maximum atomic E-state index is 14.8. The Morgan fingerprint density at radius 2 is 1.97 bits per heavy atom. The Bertz CT molecular complexity index is 804. The van der Waals surface area contributed by atoms with Crippen LogP contribution in [0.25, 0.3) is 0 Å². The van der Waals surface area contributed by atoms with Crippen LogP contribution < -0.4 is 26.4 Å². The first kappa shape index (κ1) is 24.1. The van der Waals surface area contributed by atoms with Gasteiger partial charge in [-0.3, -0.25) is 20.0 Å². The van der Waals surface area contributed by atoms with E-state index in [9.17, 15) is 23.2 Å². The first-order valence-electron chi connectivity index (χ1n) is 9.50. The lowest BCUT2D eigenvalue weighted by Crippen LogP contribution is -2.46. The molecule has 1 aliphatic rings. The average Bonchev–Trinajstić information content (AvgIpc) is 3.10. The van der Waals surface area contributed by atoms with Gasteiger partial charge < -0.3 is 15.0 Å². The van der Waals surface area contributed by atoms with E-state index < -0.39 is 29.9 Å². The first-order valence-corrected chi connectivity index (χ1v) is 9.50. The van der Waals surface area contributed by atoms with E-state index in [0.29, 0.717) is 0 Å². The van der Waals surface area contributed by atoms with Crippen molar-refractivity contribution in [2.75, 3.05) is 49.6 Å². The predicted molar refractivity (Wildman–Crippen MR) is 107 cm³/mol. The summed E-state index contributed by atoms with van der Waals surface area (Å²) in [7, 11) is 1.26. The van der Waals surface area contributed by atoms with Gasteiger partial charge in [0.1, 0.15) is 11.8 Å². The summed E-state index contributed by atoms with van der Waals surface area (Å²) < 4.78 is 34.8. The monoisotopic (exact) mass is 444 g/mol. The number of amides is 4. The molecule has 1 saturated heterocycles. The minimum Gasteiger partial charge on any atom is -0.442 e. The highest BCUT2D eigenvalue weighted by atomic mass is 19.1. The Kier molecular flexibility index (Phi) is 8.33. The zero-order chi connectivity index (χ0) is 23.1. The molecule has 0 radical (unpaired) electrons. The summed E-state index contributed by atoms with van der Waals surface area (Å²) in [5.74, 6) is 3.00. The van der Waals surface area contributed by atoms with E-state index in [0.717, 1.165) is 22.1 Å². The molecule has 31 heavy (non-hydrogen) atoms. The van der Waals surface area contributed by atoms with Crippen molar-refractivity contribution in [3.63, 3.8) is 0 Å². The topological polar surface area (TPSA) is 129 Å². The van der Waals surface area contributed by atoms with Gasteiger partial charge in [-0.25, -0.2) is 29.3 Å². The van der Waals surface area contributed by atoms with Crippen molar-refractivity contribution in [1.82, 2.24) is 15.8 Å². The number of likely N-dealkylation sites (N-methyl/N-ethyl adjacent to an activating group) is 1. The van der Waals surface area contributed by atoms with Crippen molar-refractivity contribution in [3.05, 3.63) is 23.8 Å². The number of hydroxylamine groups is 2. The van der Waals surface area contributed by atoms with Gasteiger partial charge in [-0.05, 0) is 6.92 Å². The zero-order valence-corrected chi connectivity index (χ0v) is 17.5. The molecule has 0 unspecified atom stereocenters. The number of ether oxygens (including phenoxy) is 1. The molecular formula is C18H26F2N6O5. The second kappa shape index (κ2) is 10.7. The Hall–Kier alpha value is -3.19. The van der Waals surface area contributed by atoms with Gasteiger partial charge in [0.25, 0.3) is 0 Å². The minimum absolute atomic E-state index is 0.00819. The second-order valence-electron chi connectivity index (χ2n) is 6.63. The van der Waals surface area contributed by atoms with E-state index in [-0.39, 0.29) is 50.0 Å². The number of carbonyl (C=O) groups excluding carboxylic acids is 3. The van der Waals surface area contributed by atoms with Crippen molar-refractivity contribution >= 4 is 29.4 Å². The average molecular weight is 444 g/mol. The van der Waals surface area contributed by atoms with Crippen LogP contribution >= 0.6 is 0 Å². The van der Waals surface area contributed by atoms with E-state index in [1.165, 1.54) is 18.9 Å². The minimum atomic E-state index is -0.887. The van der Waals surface area contributed by atoms with Crippen molar-refractivity contribution < 1.29 is 32.7 Å². The Balaban J connectivity index is 2.16. The predicted octanol–water partition coefficient (Wildman–Crippen LogP) is 0.699.